The Morgan fingerprint density at radius 1 is 1.19 bits per heavy atom. The first-order valence-corrected chi connectivity index (χ1v) is 8.69. The van der Waals surface area contributed by atoms with Crippen LogP contribution in [0, 0.1) is 0 Å². The van der Waals surface area contributed by atoms with Crippen LogP contribution in [0.4, 0.5) is 0 Å². The number of carbonyl (C=O) groups is 2. The zero-order valence-corrected chi connectivity index (χ0v) is 14.7. The largest absolute Gasteiger partial charge is 0.508 e. The lowest BCUT2D eigenvalue weighted by Crippen LogP contribution is -2.60. The number of fused-ring (bicyclic) bond motifs is 1. The molecule has 2 aliphatic heterocycles. The second kappa shape index (κ2) is 6.18. The second-order valence-corrected chi connectivity index (χ2v) is 7.04. The third kappa shape index (κ3) is 2.74. The number of phenols is 1. The van der Waals surface area contributed by atoms with E-state index in [1.165, 1.54) is 12.1 Å². The topological polar surface area (TPSA) is 60.9 Å². The van der Waals surface area contributed by atoms with E-state index >= 15 is 0 Å². The van der Waals surface area contributed by atoms with Crippen LogP contribution in [-0.4, -0.2) is 45.9 Å². The highest BCUT2D eigenvalue weighted by molar-refractivity contribution is 6.31. The van der Waals surface area contributed by atoms with Gasteiger partial charge in [0.1, 0.15) is 5.75 Å². The average molecular weight is 369 g/mol. The van der Waals surface area contributed by atoms with E-state index in [4.69, 9.17) is 11.6 Å². The molecular formula is C20H17ClN2O3. The van der Waals surface area contributed by atoms with E-state index < -0.39 is 0 Å². The van der Waals surface area contributed by atoms with E-state index in [9.17, 15) is 14.7 Å². The molecule has 0 atom stereocenters. The maximum absolute atomic E-state index is 12.8. The average Bonchev–Trinajstić information content (AvgIpc) is 2.89. The van der Waals surface area contributed by atoms with Crippen LogP contribution >= 0.6 is 11.6 Å². The summed E-state index contributed by atoms with van der Waals surface area (Å²) in [6.07, 6.45) is 1.30. The van der Waals surface area contributed by atoms with Gasteiger partial charge in [-0.25, -0.2) is 0 Å². The summed E-state index contributed by atoms with van der Waals surface area (Å²) in [4.78, 5) is 27.9. The Hall–Kier alpha value is -2.79. The quantitative estimate of drug-likeness (QED) is 0.847. The molecule has 0 spiro atoms. The fourth-order valence-corrected chi connectivity index (χ4v) is 3.73. The number of amides is 2. The number of rotatable bonds is 3. The smallest absolute Gasteiger partial charge is 0.254 e. The van der Waals surface area contributed by atoms with Crippen LogP contribution in [0.5, 0.6) is 5.75 Å². The Morgan fingerprint density at radius 3 is 2.65 bits per heavy atom. The Bertz CT molecular complexity index is 914. The molecule has 2 aromatic rings. The van der Waals surface area contributed by atoms with Gasteiger partial charge in [0.25, 0.3) is 5.91 Å². The second-order valence-electron chi connectivity index (χ2n) is 6.60. The highest BCUT2D eigenvalue weighted by atomic mass is 35.5. The minimum Gasteiger partial charge on any atom is -0.508 e. The van der Waals surface area contributed by atoms with E-state index in [0.29, 0.717) is 30.2 Å². The van der Waals surface area contributed by atoms with Gasteiger partial charge in [0.05, 0.1) is 6.04 Å². The summed E-state index contributed by atoms with van der Waals surface area (Å²) in [6, 6.07) is 10.6. The lowest BCUT2D eigenvalue weighted by atomic mass is 10.0. The molecule has 2 aliphatic rings. The lowest BCUT2D eigenvalue weighted by Gasteiger charge is -2.43. The van der Waals surface area contributed by atoms with Crippen molar-refractivity contribution in [3.05, 3.63) is 65.2 Å². The van der Waals surface area contributed by atoms with E-state index in [1.54, 1.807) is 17.0 Å². The molecule has 1 fully saturated rings. The number of carbonyl (C=O) groups excluding carboxylic acids is 2. The summed E-state index contributed by atoms with van der Waals surface area (Å²) < 4.78 is 0. The van der Waals surface area contributed by atoms with Crippen LogP contribution in [0.15, 0.2) is 49.1 Å². The van der Waals surface area contributed by atoms with Crippen molar-refractivity contribution in [1.29, 1.82) is 0 Å². The Labute approximate surface area is 156 Å². The maximum Gasteiger partial charge on any atom is 0.254 e. The minimum atomic E-state index is -0.103. The van der Waals surface area contributed by atoms with Crippen molar-refractivity contribution in [2.75, 3.05) is 13.1 Å². The fourth-order valence-electron chi connectivity index (χ4n) is 3.50. The van der Waals surface area contributed by atoms with Gasteiger partial charge in [-0.15, -0.1) is 0 Å². The number of aromatic hydroxyl groups is 1. The van der Waals surface area contributed by atoms with Gasteiger partial charge in [0, 0.05) is 30.2 Å². The first-order valence-electron chi connectivity index (χ1n) is 8.31. The molecule has 5 nitrogen and oxygen atoms in total. The van der Waals surface area contributed by atoms with Crippen molar-refractivity contribution in [1.82, 2.24) is 9.80 Å². The first-order chi connectivity index (χ1) is 12.5. The van der Waals surface area contributed by atoms with Gasteiger partial charge in [-0.3, -0.25) is 9.59 Å². The molecule has 1 N–H and O–H groups in total. The molecule has 0 unspecified atom stereocenters. The first kappa shape index (κ1) is 16.7. The molecule has 6 heteroatoms. The third-order valence-corrected chi connectivity index (χ3v) is 5.17. The SMILES string of the molecule is C=CC(=O)N1CC(N2Cc3ccc(-c4cc(O)cc(Cl)c4)cc3C2=O)C1. The molecule has 0 bridgehead atoms. The van der Waals surface area contributed by atoms with Crippen LogP contribution in [0.3, 0.4) is 0 Å². The van der Waals surface area contributed by atoms with E-state index in [0.717, 1.165) is 16.7 Å². The number of likely N-dealkylation sites (tertiary alicyclic amines) is 1. The van der Waals surface area contributed by atoms with Crippen molar-refractivity contribution >= 4 is 23.4 Å². The predicted molar refractivity (Wildman–Crippen MR) is 99.0 cm³/mol. The van der Waals surface area contributed by atoms with Gasteiger partial charge in [-0.1, -0.05) is 30.3 Å². The summed E-state index contributed by atoms with van der Waals surface area (Å²) >= 11 is 6.01. The molecule has 132 valence electrons. The van der Waals surface area contributed by atoms with Gasteiger partial charge in [-0.2, -0.15) is 0 Å². The summed E-state index contributed by atoms with van der Waals surface area (Å²) in [5.74, 6) is -0.0420. The number of nitrogens with zero attached hydrogens (tertiary/aromatic N) is 2. The van der Waals surface area contributed by atoms with Crippen molar-refractivity contribution in [2.24, 2.45) is 0 Å². The van der Waals surface area contributed by atoms with Crippen LogP contribution in [0.1, 0.15) is 15.9 Å². The summed E-state index contributed by atoms with van der Waals surface area (Å²) in [5.41, 5.74) is 3.22. The normalized spacial score (nSPS) is 16.4. The molecule has 4 rings (SSSR count). The van der Waals surface area contributed by atoms with E-state index in [2.05, 4.69) is 6.58 Å². The number of benzene rings is 2. The molecule has 0 aliphatic carbocycles. The van der Waals surface area contributed by atoms with Crippen molar-refractivity contribution in [3.8, 4) is 16.9 Å². The van der Waals surface area contributed by atoms with E-state index in [-0.39, 0.29) is 23.6 Å². The highest BCUT2D eigenvalue weighted by Gasteiger charge is 2.40. The van der Waals surface area contributed by atoms with Crippen LogP contribution in [0.25, 0.3) is 11.1 Å². The summed E-state index contributed by atoms with van der Waals surface area (Å²) in [6.45, 7) is 5.12. The van der Waals surface area contributed by atoms with Gasteiger partial charge in [-0.05, 0) is 47.0 Å². The molecule has 1 saturated heterocycles. The molecule has 2 aromatic carbocycles. The number of halogens is 1. The molecule has 2 heterocycles. The number of hydrogen-bond acceptors (Lipinski definition) is 3. The summed E-state index contributed by atoms with van der Waals surface area (Å²) in [5, 5.41) is 10.2. The van der Waals surface area contributed by atoms with Crippen molar-refractivity contribution in [2.45, 2.75) is 12.6 Å². The minimum absolute atomic E-state index is 0.0243. The molecule has 0 radical (unpaired) electrons. The number of hydrogen-bond donors (Lipinski definition) is 1. The molecule has 2 amide bonds. The molecule has 0 saturated carbocycles. The molecular weight excluding hydrogens is 352 g/mol. The van der Waals surface area contributed by atoms with Crippen LogP contribution < -0.4 is 0 Å². The summed E-state index contributed by atoms with van der Waals surface area (Å²) in [7, 11) is 0. The maximum atomic E-state index is 12.8. The van der Waals surface area contributed by atoms with Gasteiger partial charge < -0.3 is 14.9 Å². The molecule has 26 heavy (non-hydrogen) atoms. The molecule has 0 aromatic heterocycles. The zero-order valence-electron chi connectivity index (χ0n) is 14.0. The van der Waals surface area contributed by atoms with E-state index in [1.807, 2.05) is 23.1 Å². The van der Waals surface area contributed by atoms with Gasteiger partial charge in [0.15, 0.2) is 0 Å². The Kier molecular flexibility index (Phi) is 3.96. The Morgan fingerprint density at radius 2 is 1.96 bits per heavy atom. The lowest BCUT2D eigenvalue weighted by molar-refractivity contribution is -0.132. The number of phenolic OH excluding ortho intramolecular Hbond substituents is 1. The third-order valence-electron chi connectivity index (χ3n) is 4.95. The highest BCUT2D eigenvalue weighted by Crippen LogP contribution is 2.33. The predicted octanol–water partition coefficient (Wildman–Crippen LogP) is 3.07. The van der Waals surface area contributed by atoms with Crippen LogP contribution in [-0.2, 0) is 11.3 Å². The van der Waals surface area contributed by atoms with Gasteiger partial charge >= 0.3 is 0 Å². The zero-order chi connectivity index (χ0) is 18.4. The fraction of sp³-hybridized carbons (Fsp3) is 0.200. The van der Waals surface area contributed by atoms with Crippen LogP contribution in [0.2, 0.25) is 5.02 Å². The standard InChI is InChI=1S/C20H17ClN2O3/c1-2-19(25)22-10-16(11-22)23-9-13-4-3-12(7-18(13)20(23)26)14-5-15(21)8-17(24)6-14/h2-8,16,24H,1,9-11H2. The van der Waals surface area contributed by atoms with Crippen molar-refractivity contribution in [3.63, 3.8) is 0 Å². The van der Waals surface area contributed by atoms with Crippen molar-refractivity contribution < 1.29 is 14.7 Å². The monoisotopic (exact) mass is 368 g/mol. The Balaban J connectivity index is 1.56. The van der Waals surface area contributed by atoms with Gasteiger partial charge in [0.2, 0.25) is 5.91 Å².